The van der Waals surface area contributed by atoms with E-state index in [9.17, 15) is 4.79 Å². The molecule has 2 aliphatic rings. The lowest BCUT2D eigenvalue weighted by Gasteiger charge is -2.37. The van der Waals surface area contributed by atoms with Gasteiger partial charge in [-0.1, -0.05) is 32.1 Å². The van der Waals surface area contributed by atoms with E-state index < -0.39 is 5.97 Å². The quantitative estimate of drug-likeness (QED) is 0.809. The standard InChI is InChI=1S/C15H27NO2/c16-14(10-15(17)18)13-8-6-12(7-9-13)11-4-2-1-3-5-11/h11-14H,1-10,16H2,(H,17,18)/t12?,13?,14-/m0/s1. The third kappa shape index (κ3) is 3.71. The summed E-state index contributed by atoms with van der Waals surface area (Å²) in [4.78, 5) is 10.7. The van der Waals surface area contributed by atoms with Gasteiger partial charge < -0.3 is 10.8 Å². The lowest BCUT2D eigenvalue weighted by molar-refractivity contribution is -0.137. The van der Waals surface area contributed by atoms with Gasteiger partial charge in [0.15, 0.2) is 0 Å². The zero-order valence-corrected chi connectivity index (χ0v) is 11.3. The Morgan fingerprint density at radius 3 is 2.11 bits per heavy atom. The number of carboxylic acid groups (broad SMARTS) is 1. The van der Waals surface area contributed by atoms with Crippen LogP contribution in [0, 0.1) is 17.8 Å². The van der Waals surface area contributed by atoms with Crippen molar-refractivity contribution in [2.75, 3.05) is 0 Å². The van der Waals surface area contributed by atoms with Gasteiger partial charge in [-0.2, -0.15) is 0 Å². The van der Waals surface area contributed by atoms with Gasteiger partial charge in [0.25, 0.3) is 0 Å². The lowest BCUT2D eigenvalue weighted by Crippen LogP contribution is -2.36. The van der Waals surface area contributed by atoms with Gasteiger partial charge in [-0.25, -0.2) is 0 Å². The summed E-state index contributed by atoms with van der Waals surface area (Å²) in [5.41, 5.74) is 5.99. The van der Waals surface area contributed by atoms with Crippen molar-refractivity contribution in [3.05, 3.63) is 0 Å². The van der Waals surface area contributed by atoms with E-state index in [1.807, 2.05) is 0 Å². The molecule has 2 aliphatic carbocycles. The zero-order chi connectivity index (χ0) is 13.0. The molecule has 0 radical (unpaired) electrons. The molecule has 0 saturated heterocycles. The highest BCUT2D eigenvalue weighted by Crippen LogP contribution is 2.40. The van der Waals surface area contributed by atoms with E-state index in [0.29, 0.717) is 5.92 Å². The zero-order valence-electron chi connectivity index (χ0n) is 11.3. The van der Waals surface area contributed by atoms with Crippen molar-refractivity contribution in [1.29, 1.82) is 0 Å². The van der Waals surface area contributed by atoms with Crippen molar-refractivity contribution in [2.24, 2.45) is 23.5 Å². The first-order valence-corrected chi connectivity index (χ1v) is 7.64. The smallest absolute Gasteiger partial charge is 0.304 e. The molecule has 0 bridgehead atoms. The van der Waals surface area contributed by atoms with Crippen molar-refractivity contribution in [2.45, 2.75) is 70.3 Å². The van der Waals surface area contributed by atoms with E-state index in [2.05, 4.69) is 0 Å². The summed E-state index contributed by atoms with van der Waals surface area (Å²) in [5.74, 6) is 1.55. The lowest BCUT2D eigenvalue weighted by atomic mass is 9.69. The van der Waals surface area contributed by atoms with Crippen molar-refractivity contribution < 1.29 is 9.90 Å². The molecular formula is C15H27NO2. The minimum Gasteiger partial charge on any atom is -0.481 e. The topological polar surface area (TPSA) is 63.3 Å². The van der Waals surface area contributed by atoms with E-state index in [4.69, 9.17) is 10.8 Å². The van der Waals surface area contributed by atoms with E-state index in [0.717, 1.165) is 24.7 Å². The van der Waals surface area contributed by atoms with Gasteiger partial charge in [-0.3, -0.25) is 4.79 Å². The molecule has 0 unspecified atom stereocenters. The Balaban J connectivity index is 1.75. The normalized spacial score (nSPS) is 32.1. The van der Waals surface area contributed by atoms with Crippen LogP contribution in [0.25, 0.3) is 0 Å². The molecule has 1 atom stereocenters. The van der Waals surface area contributed by atoms with Gasteiger partial charge in [-0.15, -0.1) is 0 Å². The van der Waals surface area contributed by atoms with Gasteiger partial charge in [0.1, 0.15) is 0 Å². The first-order chi connectivity index (χ1) is 8.66. The molecule has 0 heterocycles. The summed E-state index contributed by atoms with van der Waals surface area (Å²) in [5, 5.41) is 8.79. The van der Waals surface area contributed by atoms with Crippen LogP contribution in [0.4, 0.5) is 0 Å². The van der Waals surface area contributed by atoms with Crippen LogP contribution in [0.5, 0.6) is 0 Å². The fraction of sp³-hybridized carbons (Fsp3) is 0.933. The highest BCUT2D eigenvalue weighted by Gasteiger charge is 2.31. The third-order valence-corrected chi connectivity index (χ3v) is 5.15. The van der Waals surface area contributed by atoms with Gasteiger partial charge in [0, 0.05) is 6.04 Å². The van der Waals surface area contributed by atoms with Crippen molar-refractivity contribution in [3.63, 3.8) is 0 Å². The second kappa shape index (κ2) is 6.55. The van der Waals surface area contributed by atoms with Crippen LogP contribution in [0.2, 0.25) is 0 Å². The van der Waals surface area contributed by atoms with Crippen LogP contribution >= 0.6 is 0 Å². The molecule has 0 spiro atoms. The first kappa shape index (κ1) is 13.9. The van der Waals surface area contributed by atoms with Gasteiger partial charge in [0.05, 0.1) is 6.42 Å². The van der Waals surface area contributed by atoms with Crippen LogP contribution in [-0.4, -0.2) is 17.1 Å². The molecule has 104 valence electrons. The van der Waals surface area contributed by atoms with Crippen LogP contribution in [0.15, 0.2) is 0 Å². The van der Waals surface area contributed by atoms with Gasteiger partial charge in [0.2, 0.25) is 0 Å². The van der Waals surface area contributed by atoms with Crippen molar-refractivity contribution in [1.82, 2.24) is 0 Å². The Morgan fingerprint density at radius 2 is 1.56 bits per heavy atom. The highest BCUT2D eigenvalue weighted by atomic mass is 16.4. The Bertz CT molecular complexity index is 266. The Hall–Kier alpha value is -0.570. The Labute approximate surface area is 110 Å². The number of hydrogen-bond donors (Lipinski definition) is 2. The van der Waals surface area contributed by atoms with Crippen LogP contribution in [-0.2, 0) is 4.79 Å². The maximum Gasteiger partial charge on any atom is 0.304 e. The average molecular weight is 253 g/mol. The summed E-state index contributed by atoms with van der Waals surface area (Å²) in [7, 11) is 0. The van der Waals surface area contributed by atoms with E-state index >= 15 is 0 Å². The maximum absolute atomic E-state index is 10.7. The predicted octanol–water partition coefficient (Wildman–Crippen LogP) is 3.18. The third-order valence-electron chi connectivity index (χ3n) is 5.15. The fourth-order valence-electron chi connectivity index (χ4n) is 4.02. The number of aliphatic carboxylic acids is 1. The molecule has 2 fully saturated rings. The molecule has 18 heavy (non-hydrogen) atoms. The summed E-state index contributed by atoms with van der Waals surface area (Å²) in [6.45, 7) is 0. The molecule has 0 aromatic rings. The van der Waals surface area contributed by atoms with Crippen LogP contribution < -0.4 is 5.73 Å². The second-order valence-electron chi connectivity index (χ2n) is 6.33. The molecule has 0 aromatic heterocycles. The molecule has 0 amide bonds. The largest absolute Gasteiger partial charge is 0.481 e. The highest BCUT2D eigenvalue weighted by molar-refractivity contribution is 5.67. The van der Waals surface area contributed by atoms with Crippen LogP contribution in [0.1, 0.15) is 64.2 Å². The Kier molecular flexibility index (Phi) is 5.04. The maximum atomic E-state index is 10.7. The molecule has 3 heteroatoms. The number of nitrogens with two attached hydrogens (primary N) is 1. The summed E-state index contributed by atoms with van der Waals surface area (Å²) >= 11 is 0. The first-order valence-electron chi connectivity index (χ1n) is 7.64. The SMILES string of the molecule is N[C@@H](CC(=O)O)C1CCC(C2CCCCC2)CC1. The van der Waals surface area contributed by atoms with E-state index in [1.165, 1.54) is 44.9 Å². The van der Waals surface area contributed by atoms with Crippen molar-refractivity contribution in [3.8, 4) is 0 Å². The summed E-state index contributed by atoms with van der Waals surface area (Å²) in [6.07, 6.45) is 12.1. The fourth-order valence-corrected chi connectivity index (χ4v) is 4.02. The number of hydrogen-bond acceptors (Lipinski definition) is 2. The molecule has 2 saturated carbocycles. The minimum atomic E-state index is -0.753. The molecule has 3 nitrogen and oxygen atoms in total. The summed E-state index contributed by atoms with van der Waals surface area (Å²) < 4.78 is 0. The molecule has 3 N–H and O–H groups in total. The number of rotatable bonds is 4. The second-order valence-corrected chi connectivity index (χ2v) is 6.33. The monoisotopic (exact) mass is 253 g/mol. The molecule has 0 aliphatic heterocycles. The minimum absolute atomic E-state index is 0.130. The predicted molar refractivity (Wildman–Crippen MR) is 72.3 cm³/mol. The van der Waals surface area contributed by atoms with Crippen molar-refractivity contribution >= 4 is 5.97 Å². The molecule has 0 aromatic carbocycles. The van der Waals surface area contributed by atoms with E-state index in [1.54, 1.807) is 0 Å². The van der Waals surface area contributed by atoms with Gasteiger partial charge >= 0.3 is 5.97 Å². The van der Waals surface area contributed by atoms with Crippen LogP contribution in [0.3, 0.4) is 0 Å². The molecule has 2 rings (SSSR count). The Morgan fingerprint density at radius 1 is 1.00 bits per heavy atom. The summed E-state index contributed by atoms with van der Waals surface area (Å²) in [6, 6.07) is -0.130. The molecular weight excluding hydrogens is 226 g/mol. The number of carbonyl (C=O) groups is 1. The average Bonchev–Trinajstić information content (AvgIpc) is 2.39. The number of carboxylic acids is 1. The van der Waals surface area contributed by atoms with Gasteiger partial charge in [-0.05, 0) is 43.4 Å². The van der Waals surface area contributed by atoms with E-state index in [-0.39, 0.29) is 12.5 Å².